The van der Waals surface area contributed by atoms with Gasteiger partial charge in [-0.15, -0.1) is 0 Å². The lowest BCUT2D eigenvalue weighted by Gasteiger charge is -2.16. The highest BCUT2D eigenvalue weighted by Crippen LogP contribution is 2.15. The quantitative estimate of drug-likeness (QED) is 0.0212. The fraction of sp³-hybridized carbons (Fsp3) is 0.745. The molecular weight excluding hydrogens is 1180 g/mol. The van der Waals surface area contributed by atoms with E-state index in [0.29, 0.717) is 0 Å². The molecule has 86 heavy (non-hydrogen) atoms. The highest BCUT2D eigenvalue weighted by Gasteiger charge is 2.28. The number of rotatable bonds is 44. The molecule has 0 saturated carbocycles. The maximum Gasteiger partial charge on any atom is 0.332 e. The predicted molar refractivity (Wildman–Crippen MR) is 284 cm³/mol. The minimum absolute atomic E-state index is 0.00926. The van der Waals surface area contributed by atoms with Gasteiger partial charge in [0.2, 0.25) is 17.7 Å². The Morgan fingerprint density at radius 2 is 0.570 bits per heavy atom. The Labute approximate surface area is 488 Å². The van der Waals surface area contributed by atoms with Crippen LogP contribution in [0.2, 0.25) is 0 Å². The number of carbonyl (C=O) groups excluding carboxylic acids is 4. The summed E-state index contributed by atoms with van der Waals surface area (Å²) in [5, 5.41) is 68.1. The fourth-order valence-electron chi connectivity index (χ4n) is 5.52. The molecule has 0 saturated heterocycles. The molecule has 0 aromatic carbocycles. The van der Waals surface area contributed by atoms with Crippen molar-refractivity contribution in [3.63, 3.8) is 0 Å². The van der Waals surface area contributed by atoms with E-state index in [1.807, 2.05) is 0 Å². The average Bonchev–Trinajstić information content (AvgIpc) is 3.46. The molecule has 0 radical (unpaired) electrons. The van der Waals surface area contributed by atoms with E-state index in [9.17, 15) is 83.9 Å². The first kappa shape index (κ1) is 90.2. The summed E-state index contributed by atoms with van der Waals surface area (Å²) in [6.07, 6.45) is -5.02. The standard InChI is InChI=1S/C8H15FN2O4.2C8H15FN2O3.C8H14FNO5.C8H14FNO4.C7H12FNO5/c9-2-1-3-15-6(7(11)12)4-5(10)8(13)14;1-5(12)6(10)4-7(8(11)13)14-3-2-9;9-3-1-2-5(7(11)12)4-6(10)8(13)14;9-2-1-3-15-6(8(13)14)4-5(10)7(11)12;9-3-1-2-5(7(11)12)4-6(10)8(13)14;8-1-2-14-5(7(12)13)3-4(9)6(10)11/h5-6H,1-4,10H2,(H2,11,12)(H,13,14);6-7H,2-4,10H2,1H3,(H2,11,13);5-6H,1-4,10H2,(H2,11,12)(H,13,14);5-6H,1-4,10H2,(H,11,12)(H,13,14);5-6H,1-4,10H2,(H,11,12)(H,13,14);4-5H,1-3,9H2,(H,10,11)(H,12,13)/t5?,6-;6?,7-;5-,6?;5?,6-;5-,6?;4?,5-/m000000/s1/i5*9-1;8-1. The summed E-state index contributed by atoms with van der Waals surface area (Å²) >= 11 is 0. The molecule has 0 spiro atoms. The first-order chi connectivity index (χ1) is 39.9. The second kappa shape index (κ2) is 55.9. The summed E-state index contributed by atoms with van der Waals surface area (Å²) in [5.41, 5.74) is 46.2. The van der Waals surface area contributed by atoms with Gasteiger partial charge < -0.3 is 111 Å². The number of nitrogens with two attached hydrogens (primary N) is 9. The number of ether oxygens (including phenoxy) is 4. The molecule has 0 rings (SSSR count). The van der Waals surface area contributed by atoms with Crippen LogP contribution in [-0.2, 0) is 76.5 Å². The SMILES string of the molecule is CC(=O)C(N)C[C@H](OCC[18F])C(N)=O.NC(=O)[C@@H](CCC[18F])CC(N)C(=O)O.NC(=O)[C@H](CC(N)C(=O)O)OCCC[18F].NC(C[C@H](CCC[18F])C(=O)O)C(=O)O.NC(C[C@H](OCCC[18F])C(=O)O)C(=O)O.NC(C[C@H](OCC[18F])C(=O)O)C(=O)O. The van der Waals surface area contributed by atoms with E-state index in [4.69, 9.17) is 107 Å². The molecule has 0 aliphatic heterocycles. The second-order valence-electron chi connectivity index (χ2n) is 17.5. The van der Waals surface area contributed by atoms with Crippen LogP contribution in [0.5, 0.6) is 0 Å². The number of halogens is 6. The summed E-state index contributed by atoms with van der Waals surface area (Å²) in [5.74, 6) is -14.0. The van der Waals surface area contributed by atoms with Crippen molar-refractivity contribution >= 4 is 71.3 Å². The van der Waals surface area contributed by atoms with Crippen LogP contribution in [0.25, 0.3) is 0 Å². The number of Topliss-reactive ketones (excluding diaryl/α,β-unsaturated/α-hetero) is 1. The smallest absolute Gasteiger partial charge is 0.332 e. The third kappa shape index (κ3) is 53.7. The van der Waals surface area contributed by atoms with Gasteiger partial charge in [0, 0.05) is 31.6 Å². The van der Waals surface area contributed by atoms with Crippen LogP contribution in [0.3, 0.4) is 0 Å². The lowest BCUT2D eigenvalue weighted by atomic mass is 9.95. The number of aliphatic carboxylic acids is 8. The van der Waals surface area contributed by atoms with Crippen LogP contribution in [0, 0.1) is 11.8 Å². The molecule has 26 N–H and O–H groups in total. The van der Waals surface area contributed by atoms with Crippen LogP contribution in [-0.4, -0.2) is 239 Å². The molecule has 6 unspecified atom stereocenters. The Morgan fingerprint density at radius 3 is 0.826 bits per heavy atom. The van der Waals surface area contributed by atoms with Crippen molar-refractivity contribution in [1.82, 2.24) is 0 Å². The van der Waals surface area contributed by atoms with Crippen molar-refractivity contribution in [1.29, 1.82) is 0 Å². The second-order valence-corrected chi connectivity index (χ2v) is 17.5. The zero-order valence-corrected chi connectivity index (χ0v) is 47.1. The van der Waals surface area contributed by atoms with Crippen molar-refractivity contribution in [3.05, 3.63) is 0 Å². The molecule has 3 amide bonds. The van der Waals surface area contributed by atoms with Crippen LogP contribution < -0.4 is 51.6 Å². The number of carboxylic acid groups (broad SMARTS) is 8. The monoisotopic (exact) mass is 1270 g/mol. The minimum Gasteiger partial charge on any atom is -0.481 e. The number of carboxylic acids is 8. The zero-order valence-electron chi connectivity index (χ0n) is 47.1. The molecular formula is C47H85F6N9O24. The highest BCUT2D eigenvalue weighted by atomic mass is 18.2. The van der Waals surface area contributed by atoms with E-state index in [-0.39, 0.29) is 109 Å². The van der Waals surface area contributed by atoms with Gasteiger partial charge in [0.15, 0.2) is 12.2 Å². The van der Waals surface area contributed by atoms with Gasteiger partial charge in [0.1, 0.15) is 61.5 Å². The highest BCUT2D eigenvalue weighted by molar-refractivity contribution is 5.84. The van der Waals surface area contributed by atoms with Crippen molar-refractivity contribution in [2.45, 2.75) is 145 Å². The molecule has 33 nitrogen and oxygen atoms in total. The molecule has 0 fully saturated rings. The lowest BCUT2D eigenvalue weighted by Crippen LogP contribution is -2.40. The Balaban J connectivity index is -0.000000223. The van der Waals surface area contributed by atoms with E-state index in [2.05, 4.69) is 4.74 Å². The first-order valence-electron chi connectivity index (χ1n) is 25.5. The molecule has 0 aliphatic carbocycles. The molecule has 12 atom stereocenters. The van der Waals surface area contributed by atoms with Crippen molar-refractivity contribution in [3.8, 4) is 0 Å². The molecule has 504 valence electrons. The van der Waals surface area contributed by atoms with Crippen molar-refractivity contribution in [2.75, 3.05) is 66.5 Å². The van der Waals surface area contributed by atoms with Gasteiger partial charge >= 0.3 is 47.8 Å². The summed E-state index contributed by atoms with van der Waals surface area (Å²) < 4.78 is 89.4. The number of hydrogen-bond acceptors (Lipinski definition) is 22. The number of primary amides is 3. The summed E-state index contributed by atoms with van der Waals surface area (Å²) in [6, 6.07) is -6.95. The number of amides is 3. The molecule has 0 aromatic heterocycles. The van der Waals surface area contributed by atoms with Crippen molar-refractivity contribution < 1.29 is 144 Å². The largest absolute Gasteiger partial charge is 0.481 e. The summed E-state index contributed by atoms with van der Waals surface area (Å²) in [4.78, 5) is 127. The first-order valence-corrected chi connectivity index (χ1v) is 25.5. The Hall–Kier alpha value is -6.98. The van der Waals surface area contributed by atoms with Gasteiger partial charge in [-0.05, 0) is 58.3 Å². The normalized spacial score (nSPS) is 14.7. The van der Waals surface area contributed by atoms with E-state index in [1.54, 1.807) is 0 Å². The molecule has 0 aliphatic rings. The number of alkyl halides is 6. The summed E-state index contributed by atoms with van der Waals surface area (Å²) in [7, 11) is 0. The molecule has 0 aromatic rings. The van der Waals surface area contributed by atoms with Crippen LogP contribution in [0.1, 0.15) is 84.0 Å². The Morgan fingerprint density at radius 1 is 0.314 bits per heavy atom. The lowest BCUT2D eigenvalue weighted by molar-refractivity contribution is -0.153. The number of hydrogen-bond donors (Lipinski definition) is 17. The molecule has 39 heteroatoms. The van der Waals surface area contributed by atoms with Gasteiger partial charge in [0.25, 0.3) is 0 Å². The maximum absolute atomic E-state index is 11.8. The van der Waals surface area contributed by atoms with Crippen LogP contribution in [0.15, 0.2) is 0 Å². The third-order valence-electron chi connectivity index (χ3n) is 10.4. The Bertz CT molecular complexity index is 1760. The zero-order chi connectivity index (χ0) is 68.2. The topological polar surface area (TPSA) is 638 Å². The van der Waals surface area contributed by atoms with Crippen LogP contribution >= 0.6 is 0 Å². The van der Waals surface area contributed by atoms with E-state index in [1.165, 1.54) is 6.92 Å². The van der Waals surface area contributed by atoms with Crippen LogP contribution in [0.4, 0.5) is 26.3 Å². The third-order valence-corrected chi connectivity index (χ3v) is 10.4. The van der Waals surface area contributed by atoms with E-state index >= 15 is 0 Å². The average molecular weight is 1270 g/mol. The van der Waals surface area contributed by atoms with Gasteiger partial charge in [0.05, 0.1) is 65.1 Å². The number of ketones is 1. The van der Waals surface area contributed by atoms with Gasteiger partial charge in [-0.2, -0.15) is 0 Å². The summed E-state index contributed by atoms with van der Waals surface area (Å²) in [6.45, 7) is -3.24. The maximum atomic E-state index is 11.8. The van der Waals surface area contributed by atoms with Crippen molar-refractivity contribution in [2.24, 2.45) is 63.4 Å². The number of carbonyl (C=O) groups is 12. The van der Waals surface area contributed by atoms with Gasteiger partial charge in [-0.25, -0.2) is 18.4 Å². The van der Waals surface area contributed by atoms with E-state index < -0.39 is 178 Å². The van der Waals surface area contributed by atoms with Gasteiger partial charge in [-0.1, -0.05) is 0 Å². The fourth-order valence-corrected chi connectivity index (χ4v) is 5.52. The Kier molecular flexibility index (Phi) is 58.6. The minimum atomic E-state index is -1.38. The predicted octanol–water partition coefficient (Wildman–Crippen LogP) is -3.12. The van der Waals surface area contributed by atoms with Gasteiger partial charge in [-0.3, -0.25) is 65.5 Å². The molecule has 0 bridgehead atoms. The molecule has 0 heterocycles. The van der Waals surface area contributed by atoms with E-state index in [0.717, 1.165) is 0 Å².